The topological polar surface area (TPSA) is 32.3 Å². The molecule has 1 aromatic rings. The molecule has 2 heteroatoms. The molecule has 0 amide bonds. The fourth-order valence-electron chi connectivity index (χ4n) is 2.88. The van der Waals surface area contributed by atoms with E-state index in [-0.39, 0.29) is 6.10 Å². The molecule has 2 nitrogen and oxygen atoms in total. The molecule has 2 rings (SSSR count). The fourth-order valence-corrected chi connectivity index (χ4v) is 2.88. The highest BCUT2D eigenvalue weighted by molar-refractivity contribution is 5.24. The summed E-state index contributed by atoms with van der Waals surface area (Å²) in [7, 11) is 0. The standard InChI is InChI=1S/C17H27NO/c1-13(2)11-14-6-8-15(9-7-14)17(19)12-16-5-3-4-10-18-16/h6-9,13,16-19H,3-5,10-12H2,1-2H3. The number of nitrogens with one attached hydrogen (secondary N) is 1. The highest BCUT2D eigenvalue weighted by Gasteiger charge is 2.17. The predicted octanol–water partition coefficient (Wildman–Crippen LogP) is 3.45. The van der Waals surface area contributed by atoms with Gasteiger partial charge in [0.05, 0.1) is 6.10 Å². The van der Waals surface area contributed by atoms with E-state index in [1.54, 1.807) is 0 Å². The first-order chi connectivity index (χ1) is 9.15. The Bertz CT molecular complexity index is 365. The summed E-state index contributed by atoms with van der Waals surface area (Å²) < 4.78 is 0. The van der Waals surface area contributed by atoms with E-state index in [1.165, 1.54) is 24.8 Å². The normalized spacial score (nSPS) is 21.6. The van der Waals surface area contributed by atoms with Crippen molar-refractivity contribution >= 4 is 0 Å². The van der Waals surface area contributed by atoms with Gasteiger partial charge in [-0.15, -0.1) is 0 Å². The van der Waals surface area contributed by atoms with Crippen LogP contribution in [-0.2, 0) is 6.42 Å². The Morgan fingerprint density at radius 3 is 2.53 bits per heavy atom. The minimum Gasteiger partial charge on any atom is -0.388 e. The van der Waals surface area contributed by atoms with E-state index in [2.05, 4.69) is 43.4 Å². The van der Waals surface area contributed by atoms with E-state index >= 15 is 0 Å². The monoisotopic (exact) mass is 261 g/mol. The summed E-state index contributed by atoms with van der Waals surface area (Å²) in [5.41, 5.74) is 2.42. The average Bonchev–Trinajstić information content (AvgIpc) is 2.40. The lowest BCUT2D eigenvalue weighted by atomic mass is 9.94. The maximum absolute atomic E-state index is 10.3. The molecule has 1 aliphatic heterocycles. The number of hydrogen-bond acceptors (Lipinski definition) is 2. The summed E-state index contributed by atoms with van der Waals surface area (Å²) in [5.74, 6) is 0.683. The number of hydrogen-bond donors (Lipinski definition) is 2. The Hall–Kier alpha value is -0.860. The summed E-state index contributed by atoms with van der Waals surface area (Å²) in [6.07, 6.45) is 5.38. The molecule has 1 fully saturated rings. The van der Waals surface area contributed by atoms with E-state index in [0.29, 0.717) is 12.0 Å². The molecule has 0 aromatic heterocycles. The molecule has 106 valence electrons. The van der Waals surface area contributed by atoms with Crippen LogP contribution in [0.4, 0.5) is 0 Å². The Balaban J connectivity index is 1.89. The van der Waals surface area contributed by atoms with Crippen LogP contribution < -0.4 is 5.32 Å². The Labute approximate surface area is 117 Å². The Morgan fingerprint density at radius 2 is 1.95 bits per heavy atom. The summed E-state index contributed by atoms with van der Waals surface area (Å²) in [6.45, 7) is 5.57. The fraction of sp³-hybridized carbons (Fsp3) is 0.647. The van der Waals surface area contributed by atoms with Crippen molar-refractivity contribution in [3.63, 3.8) is 0 Å². The van der Waals surface area contributed by atoms with Crippen molar-refractivity contribution in [3.8, 4) is 0 Å². The quantitative estimate of drug-likeness (QED) is 0.851. The third-order valence-electron chi connectivity index (χ3n) is 3.93. The molecule has 1 aromatic carbocycles. The molecule has 0 saturated carbocycles. The second kappa shape index (κ2) is 7.06. The first kappa shape index (κ1) is 14.5. The van der Waals surface area contributed by atoms with Crippen molar-refractivity contribution < 1.29 is 5.11 Å². The van der Waals surface area contributed by atoms with Gasteiger partial charge in [0.25, 0.3) is 0 Å². The molecule has 1 heterocycles. The van der Waals surface area contributed by atoms with Gasteiger partial charge in [-0.25, -0.2) is 0 Å². The second-order valence-corrected chi connectivity index (χ2v) is 6.24. The summed E-state index contributed by atoms with van der Waals surface area (Å²) in [5, 5.41) is 13.8. The smallest absolute Gasteiger partial charge is 0.0804 e. The molecule has 0 aliphatic carbocycles. The zero-order valence-corrected chi connectivity index (χ0v) is 12.2. The molecule has 2 N–H and O–H groups in total. The molecule has 2 atom stereocenters. The summed E-state index contributed by atoms with van der Waals surface area (Å²) in [4.78, 5) is 0. The number of piperidine rings is 1. The second-order valence-electron chi connectivity index (χ2n) is 6.24. The summed E-state index contributed by atoms with van der Waals surface area (Å²) in [6, 6.07) is 8.98. The zero-order valence-electron chi connectivity index (χ0n) is 12.2. The van der Waals surface area contributed by atoms with E-state index in [9.17, 15) is 5.11 Å². The average molecular weight is 261 g/mol. The molecule has 0 radical (unpaired) electrons. The van der Waals surface area contributed by atoms with E-state index in [4.69, 9.17) is 0 Å². The van der Waals surface area contributed by atoms with Gasteiger partial charge in [-0.2, -0.15) is 0 Å². The van der Waals surface area contributed by atoms with Crippen molar-refractivity contribution in [2.75, 3.05) is 6.54 Å². The molecule has 19 heavy (non-hydrogen) atoms. The third-order valence-corrected chi connectivity index (χ3v) is 3.93. The van der Waals surface area contributed by atoms with Gasteiger partial charge in [-0.3, -0.25) is 0 Å². The van der Waals surface area contributed by atoms with Gasteiger partial charge in [-0.05, 0) is 49.3 Å². The van der Waals surface area contributed by atoms with E-state index < -0.39 is 0 Å². The molecular formula is C17H27NO. The van der Waals surface area contributed by atoms with Gasteiger partial charge >= 0.3 is 0 Å². The minimum atomic E-state index is -0.330. The van der Waals surface area contributed by atoms with Crippen molar-refractivity contribution in [2.45, 2.75) is 58.1 Å². The lowest BCUT2D eigenvalue weighted by Crippen LogP contribution is -2.35. The van der Waals surface area contributed by atoms with E-state index in [0.717, 1.165) is 24.9 Å². The van der Waals surface area contributed by atoms with Crippen LogP contribution in [-0.4, -0.2) is 17.7 Å². The largest absolute Gasteiger partial charge is 0.388 e. The predicted molar refractivity (Wildman–Crippen MR) is 80.2 cm³/mol. The Morgan fingerprint density at radius 1 is 1.21 bits per heavy atom. The van der Waals surface area contributed by atoms with Crippen LogP contribution in [0, 0.1) is 5.92 Å². The maximum Gasteiger partial charge on any atom is 0.0804 e. The van der Waals surface area contributed by atoms with Crippen LogP contribution in [0.5, 0.6) is 0 Å². The number of rotatable bonds is 5. The van der Waals surface area contributed by atoms with Crippen molar-refractivity contribution in [2.24, 2.45) is 5.92 Å². The van der Waals surface area contributed by atoms with Gasteiger partial charge in [0.15, 0.2) is 0 Å². The number of aliphatic hydroxyl groups excluding tert-OH is 1. The van der Waals surface area contributed by atoms with Gasteiger partial charge in [0.1, 0.15) is 0 Å². The van der Waals surface area contributed by atoms with Crippen molar-refractivity contribution in [1.82, 2.24) is 5.32 Å². The minimum absolute atomic E-state index is 0.330. The summed E-state index contributed by atoms with van der Waals surface area (Å²) >= 11 is 0. The highest BCUT2D eigenvalue weighted by Crippen LogP contribution is 2.22. The lowest BCUT2D eigenvalue weighted by molar-refractivity contribution is 0.144. The molecule has 1 aliphatic rings. The maximum atomic E-state index is 10.3. The number of benzene rings is 1. The van der Waals surface area contributed by atoms with Gasteiger partial charge in [-0.1, -0.05) is 44.5 Å². The zero-order chi connectivity index (χ0) is 13.7. The van der Waals surface area contributed by atoms with Gasteiger partial charge in [0.2, 0.25) is 0 Å². The molecular weight excluding hydrogens is 234 g/mol. The molecule has 1 saturated heterocycles. The first-order valence-corrected chi connectivity index (χ1v) is 7.65. The molecule has 0 bridgehead atoms. The number of aliphatic hydroxyl groups is 1. The van der Waals surface area contributed by atoms with Crippen LogP contribution in [0.25, 0.3) is 0 Å². The van der Waals surface area contributed by atoms with Gasteiger partial charge in [0, 0.05) is 6.04 Å². The van der Waals surface area contributed by atoms with Crippen LogP contribution in [0.3, 0.4) is 0 Å². The van der Waals surface area contributed by atoms with E-state index in [1.807, 2.05) is 0 Å². The third kappa shape index (κ3) is 4.63. The van der Waals surface area contributed by atoms with Gasteiger partial charge < -0.3 is 10.4 Å². The lowest BCUT2D eigenvalue weighted by Gasteiger charge is -2.25. The first-order valence-electron chi connectivity index (χ1n) is 7.65. The molecule has 0 spiro atoms. The Kier molecular flexibility index (Phi) is 5.41. The highest BCUT2D eigenvalue weighted by atomic mass is 16.3. The van der Waals surface area contributed by atoms with Crippen molar-refractivity contribution in [3.05, 3.63) is 35.4 Å². The van der Waals surface area contributed by atoms with Crippen molar-refractivity contribution in [1.29, 1.82) is 0 Å². The van der Waals surface area contributed by atoms with Crippen LogP contribution in [0.15, 0.2) is 24.3 Å². The van der Waals surface area contributed by atoms with Crippen LogP contribution in [0.2, 0.25) is 0 Å². The SMILES string of the molecule is CC(C)Cc1ccc(C(O)CC2CCCCN2)cc1. The van der Waals surface area contributed by atoms with Crippen LogP contribution >= 0.6 is 0 Å². The van der Waals surface area contributed by atoms with Crippen LogP contribution in [0.1, 0.15) is 56.8 Å². The molecule has 2 unspecified atom stereocenters.